The number of para-hydroxylation sites is 1. The summed E-state index contributed by atoms with van der Waals surface area (Å²) in [5.41, 5.74) is 4.41. The third-order valence-corrected chi connectivity index (χ3v) is 5.47. The molecule has 0 saturated carbocycles. The minimum atomic E-state index is 0.00210. The third-order valence-electron chi connectivity index (χ3n) is 5.47. The Bertz CT molecular complexity index is 1030. The summed E-state index contributed by atoms with van der Waals surface area (Å²) in [4.78, 5) is 13.0. The Morgan fingerprint density at radius 1 is 0.966 bits per heavy atom. The van der Waals surface area contributed by atoms with Gasteiger partial charge in [-0.2, -0.15) is 5.10 Å². The van der Waals surface area contributed by atoms with Crippen LogP contribution in [0.1, 0.15) is 39.6 Å². The van der Waals surface area contributed by atoms with Crippen molar-refractivity contribution >= 4 is 5.78 Å². The van der Waals surface area contributed by atoms with E-state index >= 15 is 0 Å². The number of methoxy groups -OCH3 is 3. The summed E-state index contributed by atoms with van der Waals surface area (Å²) < 4.78 is 18.3. The molecule has 3 aromatic rings. The van der Waals surface area contributed by atoms with Crippen LogP contribution in [-0.4, -0.2) is 36.9 Å². The zero-order valence-corrected chi connectivity index (χ0v) is 17.1. The molecular formula is C23H24N2O4. The topological polar surface area (TPSA) is 62.6 Å². The second kappa shape index (κ2) is 7.62. The van der Waals surface area contributed by atoms with Gasteiger partial charge in [-0.3, -0.25) is 4.79 Å². The van der Waals surface area contributed by atoms with E-state index in [4.69, 9.17) is 14.2 Å². The molecule has 150 valence electrons. The number of aryl methyl sites for hydroxylation is 1. The highest BCUT2D eigenvalue weighted by atomic mass is 16.5. The largest absolute Gasteiger partial charge is 0.493 e. The predicted octanol–water partition coefficient (Wildman–Crippen LogP) is 4.12. The molecule has 2 aromatic carbocycles. The molecule has 0 aliphatic heterocycles. The Balaban J connectivity index is 1.79. The number of Topliss-reactive ketones (excluding diaryl/α,β-unsaturated/α-hetero) is 1. The highest BCUT2D eigenvalue weighted by Crippen LogP contribution is 2.43. The van der Waals surface area contributed by atoms with E-state index in [-0.39, 0.29) is 11.7 Å². The molecule has 0 bridgehead atoms. The van der Waals surface area contributed by atoms with Gasteiger partial charge in [0.1, 0.15) is 0 Å². The second-order valence-corrected chi connectivity index (χ2v) is 7.14. The molecule has 4 rings (SSSR count). The summed E-state index contributed by atoms with van der Waals surface area (Å²) in [5.74, 6) is 1.85. The van der Waals surface area contributed by atoms with Gasteiger partial charge in [-0.25, -0.2) is 4.68 Å². The number of fused-ring (bicyclic) bond motifs is 1. The number of ether oxygens (including phenoxy) is 3. The molecule has 1 aliphatic carbocycles. The van der Waals surface area contributed by atoms with Crippen molar-refractivity contribution in [2.24, 2.45) is 0 Å². The van der Waals surface area contributed by atoms with Crippen LogP contribution in [-0.2, 0) is 6.42 Å². The smallest absolute Gasteiger partial charge is 0.203 e. The number of hydrogen-bond donors (Lipinski definition) is 0. The maximum absolute atomic E-state index is 13.0. The Labute approximate surface area is 170 Å². The lowest BCUT2D eigenvalue weighted by molar-refractivity contribution is 0.0963. The molecule has 6 heteroatoms. The summed E-state index contributed by atoms with van der Waals surface area (Å²) in [6, 6.07) is 13.8. The molecule has 0 fully saturated rings. The molecule has 0 unspecified atom stereocenters. The third kappa shape index (κ3) is 3.24. The molecule has 0 saturated heterocycles. The lowest BCUT2D eigenvalue weighted by atomic mass is 9.81. The van der Waals surface area contributed by atoms with Crippen LogP contribution < -0.4 is 14.2 Å². The summed E-state index contributed by atoms with van der Waals surface area (Å²) in [7, 11) is 4.77. The van der Waals surface area contributed by atoms with Crippen molar-refractivity contribution in [2.75, 3.05) is 21.3 Å². The van der Waals surface area contributed by atoms with Crippen molar-refractivity contribution in [2.45, 2.75) is 25.7 Å². The fourth-order valence-electron chi connectivity index (χ4n) is 4.11. The average molecular weight is 392 g/mol. The molecule has 1 aliphatic rings. The Hall–Kier alpha value is -3.28. The van der Waals surface area contributed by atoms with E-state index in [1.807, 2.05) is 54.1 Å². The van der Waals surface area contributed by atoms with Crippen LogP contribution in [0.15, 0.2) is 42.5 Å². The monoisotopic (exact) mass is 392 g/mol. The molecule has 1 aromatic heterocycles. The van der Waals surface area contributed by atoms with Crippen LogP contribution in [0, 0.1) is 6.92 Å². The minimum Gasteiger partial charge on any atom is -0.493 e. The molecule has 0 spiro atoms. The van der Waals surface area contributed by atoms with Gasteiger partial charge in [0.15, 0.2) is 17.3 Å². The number of benzene rings is 2. The highest BCUT2D eigenvalue weighted by molar-refractivity contribution is 6.00. The van der Waals surface area contributed by atoms with Gasteiger partial charge in [-0.1, -0.05) is 18.2 Å². The number of nitrogens with zero attached hydrogens (tertiary/aromatic N) is 2. The van der Waals surface area contributed by atoms with Crippen LogP contribution in [0.25, 0.3) is 5.69 Å². The van der Waals surface area contributed by atoms with E-state index in [1.54, 1.807) is 21.3 Å². The first kappa shape index (κ1) is 19.1. The van der Waals surface area contributed by atoms with Gasteiger partial charge in [-0.15, -0.1) is 0 Å². The van der Waals surface area contributed by atoms with Crippen LogP contribution in [0.5, 0.6) is 17.2 Å². The van der Waals surface area contributed by atoms with Crippen LogP contribution in [0.2, 0.25) is 0 Å². The molecule has 0 amide bonds. The van der Waals surface area contributed by atoms with E-state index in [0.717, 1.165) is 28.2 Å². The highest BCUT2D eigenvalue weighted by Gasteiger charge is 2.33. The number of ketones is 1. The summed E-state index contributed by atoms with van der Waals surface area (Å²) in [5, 5.41) is 4.66. The zero-order valence-electron chi connectivity index (χ0n) is 17.1. The SMILES string of the molecule is COc1cc([C@H]2CC(=O)c3c(C)nn(-c4ccccc4)c3C2)cc(OC)c1OC. The lowest BCUT2D eigenvalue weighted by Gasteiger charge is -2.24. The van der Waals surface area contributed by atoms with Crippen LogP contribution in [0.4, 0.5) is 0 Å². The first-order chi connectivity index (χ1) is 14.1. The average Bonchev–Trinajstić information content (AvgIpc) is 3.10. The standard InChI is InChI=1S/C23H24N2O4/c1-14-22-18(25(24-14)17-8-6-5-7-9-17)10-15(11-19(22)26)16-12-20(27-2)23(29-4)21(13-16)28-3/h5-9,12-13,15H,10-11H2,1-4H3/t15-/m1/s1. The van der Waals surface area contributed by atoms with Crippen molar-refractivity contribution < 1.29 is 19.0 Å². The van der Waals surface area contributed by atoms with E-state index in [0.29, 0.717) is 30.1 Å². The van der Waals surface area contributed by atoms with Gasteiger partial charge < -0.3 is 14.2 Å². The molecule has 0 radical (unpaired) electrons. The molecule has 1 heterocycles. The number of rotatable bonds is 5. The first-order valence-electron chi connectivity index (χ1n) is 9.54. The van der Waals surface area contributed by atoms with Gasteiger partial charge in [0.05, 0.1) is 44.0 Å². The number of aromatic nitrogens is 2. The van der Waals surface area contributed by atoms with Crippen molar-refractivity contribution in [3.05, 3.63) is 65.0 Å². The Morgan fingerprint density at radius 2 is 1.62 bits per heavy atom. The van der Waals surface area contributed by atoms with Crippen molar-refractivity contribution in [1.29, 1.82) is 0 Å². The summed E-state index contributed by atoms with van der Waals surface area (Å²) in [6.07, 6.45) is 1.13. The van der Waals surface area contributed by atoms with Gasteiger partial charge in [-0.05, 0) is 49.1 Å². The normalized spacial score (nSPS) is 15.7. The number of hydrogen-bond acceptors (Lipinski definition) is 5. The fraction of sp³-hybridized carbons (Fsp3) is 0.304. The maximum atomic E-state index is 13.0. The molecular weight excluding hydrogens is 368 g/mol. The van der Waals surface area contributed by atoms with Crippen molar-refractivity contribution in [3.63, 3.8) is 0 Å². The molecule has 1 atom stereocenters. The van der Waals surface area contributed by atoms with Gasteiger partial charge >= 0.3 is 0 Å². The van der Waals surface area contributed by atoms with E-state index in [2.05, 4.69) is 5.10 Å². The summed E-state index contributed by atoms with van der Waals surface area (Å²) in [6.45, 7) is 1.90. The zero-order chi connectivity index (χ0) is 20.5. The van der Waals surface area contributed by atoms with Crippen LogP contribution in [0.3, 0.4) is 0 Å². The fourth-order valence-corrected chi connectivity index (χ4v) is 4.11. The number of carbonyl (C=O) groups excluding carboxylic acids is 1. The second-order valence-electron chi connectivity index (χ2n) is 7.14. The van der Waals surface area contributed by atoms with Gasteiger partial charge in [0.25, 0.3) is 0 Å². The predicted molar refractivity (Wildman–Crippen MR) is 110 cm³/mol. The summed E-state index contributed by atoms with van der Waals surface area (Å²) >= 11 is 0. The van der Waals surface area contributed by atoms with Crippen molar-refractivity contribution in [1.82, 2.24) is 9.78 Å². The van der Waals surface area contributed by atoms with Gasteiger partial charge in [0, 0.05) is 6.42 Å². The van der Waals surface area contributed by atoms with E-state index in [9.17, 15) is 4.79 Å². The lowest BCUT2D eigenvalue weighted by Crippen LogP contribution is -2.20. The Kier molecular flexibility index (Phi) is 5.01. The van der Waals surface area contributed by atoms with Gasteiger partial charge in [0.2, 0.25) is 5.75 Å². The van der Waals surface area contributed by atoms with E-state index < -0.39 is 0 Å². The first-order valence-corrected chi connectivity index (χ1v) is 9.54. The quantitative estimate of drug-likeness (QED) is 0.654. The molecule has 0 N–H and O–H groups in total. The molecule has 29 heavy (non-hydrogen) atoms. The van der Waals surface area contributed by atoms with Crippen LogP contribution >= 0.6 is 0 Å². The molecule has 6 nitrogen and oxygen atoms in total. The number of carbonyl (C=O) groups is 1. The van der Waals surface area contributed by atoms with E-state index in [1.165, 1.54) is 0 Å². The minimum absolute atomic E-state index is 0.00210. The Morgan fingerprint density at radius 3 is 2.21 bits per heavy atom. The van der Waals surface area contributed by atoms with Crippen molar-refractivity contribution in [3.8, 4) is 22.9 Å². The maximum Gasteiger partial charge on any atom is 0.203 e.